The molecule has 3 aromatic carbocycles. The second kappa shape index (κ2) is 8.78. The molecule has 5 rings (SSSR count). The maximum absolute atomic E-state index is 13.7. The van der Waals surface area contributed by atoms with E-state index in [4.69, 9.17) is 4.74 Å². The van der Waals surface area contributed by atoms with Crippen molar-refractivity contribution in [3.05, 3.63) is 112 Å². The highest BCUT2D eigenvalue weighted by atomic mass is 16.6. The van der Waals surface area contributed by atoms with Crippen molar-refractivity contribution in [2.45, 2.75) is 18.5 Å². The Bertz CT molecular complexity index is 1340. The van der Waals surface area contributed by atoms with E-state index in [2.05, 4.69) is 10.1 Å². The zero-order valence-electron chi connectivity index (χ0n) is 18.3. The number of rotatable bonds is 5. The van der Waals surface area contributed by atoms with E-state index >= 15 is 0 Å². The van der Waals surface area contributed by atoms with Crippen LogP contribution in [-0.4, -0.2) is 32.7 Å². The maximum atomic E-state index is 13.7. The SMILES string of the molecule is COc1ccccc1[C@@H]1C[C@H](c2ccccc2)N(C(=O)c2ccc([N+](=O)[O-])cc2)c2ncnn21. The van der Waals surface area contributed by atoms with Gasteiger partial charge in [-0.2, -0.15) is 10.1 Å². The first kappa shape index (κ1) is 21.3. The highest BCUT2D eigenvalue weighted by Gasteiger charge is 2.40. The Morgan fingerprint density at radius 1 is 1.00 bits per heavy atom. The Kier molecular flexibility index (Phi) is 5.51. The number of nitrogens with zero attached hydrogens (tertiary/aromatic N) is 5. The smallest absolute Gasteiger partial charge is 0.269 e. The number of carbonyl (C=O) groups is 1. The predicted molar refractivity (Wildman–Crippen MR) is 125 cm³/mol. The molecule has 0 saturated carbocycles. The lowest BCUT2D eigenvalue weighted by atomic mass is 9.91. The first-order valence-corrected chi connectivity index (χ1v) is 10.7. The van der Waals surface area contributed by atoms with Crippen molar-refractivity contribution in [2.24, 2.45) is 0 Å². The number of hydrogen-bond donors (Lipinski definition) is 0. The summed E-state index contributed by atoms with van der Waals surface area (Å²) in [7, 11) is 1.63. The minimum absolute atomic E-state index is 0.0748. The van der Waals surface area contributed by atoms with Crippen LogP contribution in [0.4, 0.5) is 11.6 Å². The van der Waals surface area contributed by atoms with Crippen molar-refractivity contribution < 1.29 is 14.5 Å². The number of ether oxygens (including phenoxy) is 1. The van der Waals surface area contributed by atoms with Crippen molar-refractivity contribution in [1.29, 1.82) is 0 Å². The molecule has 0 bridgehead atoms. The second-order valence-electron chi connectivity index (χ2n) is 7.90. The van der Waals surface area contributed by atoms with Crippen molar-refractivity contribution in [1.82, 2.24) is 14.8 Å². The molecule has 0 aliphatic carbocycles. The van der Waals surface area contributed by atoms with Gasteiger partial charge in [-0.15, -0.1) is 0 Å². The lowest BCUT2D eigenvalue weighted by molar-refractivity contribution is -0.384. The Balaban J connectivity index is 1.63. The van der Waals surface area contributed by atoms with Crippen molar-refractivity contribution in [3.8, 4) is 5.75 Å². The predicted octanol–water partition coefficient (Wildman–Crippen LogP) is 4.58. The van der Waals surface area contributed by atoms with Crippen molar-refractivity contribution in [2.75, 3.05) is 12.0 Å². The van der Waals surface area contributed by atoms with E-state index < -0.39 is 4.92 Å². The van der Waals surface area contributed by atoms with Gasteiger partial charge in [-0.25, -0.2) is 4.68 Å². The number of anilines is 1. The average Bonchev–Trinajstić information content (AvgIpc) is 3.38. The highest BCUT2D eigenvalue weighted by molar-refractivity contribution is 6.06. The molecule has 9 heteroatoms. The summed E-state index contributed by atoms with van der Waals surface area (Å²) in [5.41, 5.74) is 2.15. The number of carbonyl (C=O) groups excluding carboxylic acids is 1. The van der Waals surface area contributed by atoms with Crippen LogP contribution in [0.3, 0.4) is 0 Å². The summed E-state index contributed by atoms with van der Waals surface area (Å²) >= 11 is 0. The molecule has 0 spiro atoms. The number of nitro groups is 1. The van der Waals surface area contributed by atoms with Gasteiger partial charge in [-0.05, 0) is 30.2 Å². The fourth-order valence-corrected chi connectivity index (χ4v) is 4.45. The van der Waals surface area contributed by atoms with Gasteiger partial charge in [0.25, 0.3) is 11.6 Å². The van der Waals surface area contributed by atoms with Crippen LogP contribution in [0.5, 0.6) is 5.75 Å². The van der Waals surface area contributed by atoms with Gasteiger partial charge >= 0.3 is 0 Å². The first-order valence-electron chi connectivity index (χ1n) is 10.7. The molecule has 0 saturated heterocycles. The minimum atomic E-state index is -0.490. The lowest BCUT2D eigenvalue weighted by Gasteiger charge is -2.39. The summed E-state index contributed by atoms with van der Waals surface area (Å²) in [6, 6.07) is 22.5. The molecule has 1 amide bonds. The number of aromatic nitrogens is 3. The Hall–Kier alpha value is -4.53. The molecule has 9 nitrogen and oxygen atoms in total. The Morgan fingerprint density at radius 3 is 2.41 bits per heavy atom. The molecular weight excluding hydrogens is 434 g/mol. The molecule has 1 aromatic heterocycles. The number of hydrogen-bond acceptors (Lipinski definition) is 6. The van der Waals surface area contributed by atoms with Crippen LogP contribution in [0.2, 0.25) is 0 Å². The van der Waals surface area contributed by atoms with Crippen LogP contribution in [-0.2, 0) is 0 Å². The third kappa shape index (κ3) is 3.66. The summed E-state index contributed by atoms with van der Waals surface area (Å²) in [5, 5.41) is 15.5. The van der Waals surface area contributed by atoms with Gasteiger partial charge in [0, 0.05) is 23.3 Å². The number of fused-ring (bicyclic) bond motifs is 1. The fourth-order valence-electron chi connectivity index (χ4n) is 4.45. The van der Waals surface area contributed by atoms with Crippen molar-refractivity contribution in [3.63, 3.8) is 0 Å². The normalized spacial score (nSPS) is 17.1. The summed E-state index contributed by atoms with van der Waals surface area (Å²) in [4.78, 5) is 30.4. The van der Waals surface area contributed by atoms with Gasteiger partial charge in [0.1, 0.15) is 12.1 Å². The van der Waals surface area contributed by atoms with Gasteiger partial charge in [-0.1, -0.05) is 48.5 Å². The van der Waals surface area contributed by atoms with Crippen LogP contribution >= 0.6 is 0 Å². The van der Waals surface area contributed by atoms with Crippen LogP contribution in [0, 0.1) is 10.1 Å². The zero-order valence-corrected chi connectivity index (χ0v) is 18.3. The molecule has 4 aromatic rings. The van der Waals surface area contributed by atoms with E-state index in [-0.39, 0.29) is 23.7 Å². The van der Waals surface area contributed by atoms with Gasteiger partial charge in [-0.3, -0.25) is 19.8 Å². The summed E-state index contributed by atoms with van der Waals surface area (Å²) < 4.78 is 7.34. The van der Waals surface area contributed by atoms with Gasteiger partial charge in [0.05, 0.1) is 24.1 Å². The first-order chi connectivity index (χ1) is 16.6. The fraction of sp³-hybridized carbons (Fsp3) is 0.160. The van der Waals surface area contributed by atoms with E-state index in [0.717, 1.165) is 16.9 Å². The van der Waals surface area contributed by atoms with E-state index in [1.165, 1.54) is 30.6 Å². The summed E-state index contributed by atoms with van der Waals surface area (Å²) in [6.07, 6.45) is 1.97. The number of para-hydroxylation sites is 1. The second-order valence-corrected chi connectivity index (χ2v) is 7.90. The number of non-ortho nitro benzene ring substituents is 1. The third-order valence-corrected chi connectivity index (χ3v) is 6.05. The van der Waals surface area contributed by atoms with Gasteiger partial charge in [0.2, 0.25) is 5.95 Å². The molecule has 1 aliphatic heterocycles. The van der Waals surface area contributed by atoms with Crippen LogP contribution in [0.15, 0.2) is 85.2 Å². The molecule has 1 aliphatic rings. The number of amides is 1. The molecule has 34 heavy (non-hydrogen) atoms. The Morgan fingerprint density at radius 2 is 1.71 bits per heavy atom. The van der Waals surface area contributed by atoms with Crippen LogP contribution in [0.1, 0.15) is 40.0 Å². The summed E-state index contributed by atoms with van der Waals surface area (Å²) in [6.45, 7) is 0. The monoisotopic (exact) mass is 455 g/mol. The molecule has 0 N–H and O–H groups in total. The topological polar surface area (TPSA) is 103 Å². The third-order valence-electron chi connectivity index (χ3n) is 6.05. The van der Waals surface area contributed by atoms with E-state index in [0.29, 0.717) is 17.9 Å². The van der Waals surface area contributed by atoms with E-state index in [1.807, 2.05) is 54.6 Å². The largest absolute Gasteiger partial charge is 0.496 e. The maximum Gasteiger partial charge on any atom is 0.269 e. The standard InChI is InChI=1S/C25H21N5O4/c1-34-23-10-6-5-9-20(23)22-15-21(17-7-3-2-4-8-17)28(25-26-16-27-29(22)25)24(31)18-11-13-19(14-12-18)30(32)33/h2-14,16,21-22H,15H2,1H3/t21-,22+/m1/s1. The molecule has 0 fully saturated rings. The number of methoxy groups -OCH3 is 1. The molecule has 170 valence electrons. The van der Waals surface area contributed by atoms with Gasteiger partial charge in [0.15, 0.2) is 0 Å². The zero-order chi connectivity index (χ0) is 23.7. The summed E-state index contributed by atoms with van der Waals surface area (Å²) in [5.74, 6) is 0.826. The number of benzene rings is 3. The van der Waals surface area contributed by atoms with Crippen molar-refractivity contribution >= 4 is 17.5 Å². The highest BCUT2D eigenvalue weighted by Crippen LogP contribution is 2.44. The number of nitro benzene ring substituents is 1. The van der Waals surface area contributed by atoms with E-state index in [9.17, 15) is 14.9 Å². The van der Waals surface area contributed by atoms with Gasteiger partial charge < -0.3 is 4.74 Å². The quantitative estimate of drug-likeness (QED) is 0.322. The molecular formula is C25H21N5O4. The molecule has 2 heterocycles. The van der Waals surface area contributed by atoms with Crippen LogP contribution < -0.4 is 9.64 Å². The minimum Gasteiger partial charge on any atom is -0.496 e. The average molecular weight is 455 g/mol. The molecule has 2 atom stereocenters. The van der Waals surface area contributed by atoms with E-state index in [1.54, 1.807) is 16.7 Å². The molecule has 0 radical (unpaired) electrons. The van der Waals surface area contributed by atoms with Crippen LogP contribution in [0.25, 0.3) is 0 Å². The Labute approximate surface area is 195 Å². The molecule has 0 unspecified atom stereocenters. The lowest BCUT2D eigenvalue weighted by Crippen LogP contribution is -2.42.